The standard InChI is InChI=1S/C20H17ClF3N5O2/c1-31-13-5-2-11(3-6-13)14-8-16(20(22,23)24)29-18(26-14)9-15(28-29)19(30)27-17-7-4-12(21)10-25-17/h2-7,9-10,14,16,26H,8H2,1H3,(H,25,27,30)/t14-,16+/m0/s1. The first-order valence-corrected chi connectivity index (χ1v) is 9.62. The number of alkyl halides is 3. The summed E-state index contributed by atoms with van der Waals surface area (Å²) in [6, 6.07) is 8.58. The van der Waals surface area contributed by atoms with E-state index in [4.69, 9.17) is 16.3 Å². The van der Waals surface area contributed by atoms with Gasteiger partial charge in [-0.3, -0.25) is 4.79 Å². The Kier molecular flexibility index (Phi) is 5.48. The lowest BCUT2D eigenvalue weighted by molar-refractivity contribution is -0.173. The molecule has 0 bridgehead atoms. The molecule has 3 aromatic rings. The number of rotatable bonds is 4. The van der Waals surface area contributed by atoms with Crippen molar-refractivity contribution in [2.45, 2.75) is 24.7 Å². The van der Waals surface area contributed by atoms with Crippen molar-refractivity contribution in [3.05, 3.63) is 64.9 Å². The SMILES string of the molecule is COc1ccc([C@@H]2C[C@H](C(F)(F)F)n3nc(C(=O)Nc4ccc(Cl)cn4)cc3N2)cc1. The lowest BCUT2D eigenvalue weighted by atomic mass is 9.97. The summed E-state index contributed by atoms with van der Waals surface area (Å²) < 4.78 is 47.3. The molecule has 7 nitrogen and oxygen atoms in total. The van der Waals surface area contributed by atoms with Crippen LogP contribution in [-0.4, -0.2) is 34.0 Å². The van der Waals surface area contributed by atoms with Gasteiger partial charge in [0.25, 0.3) is 5.91 Å². The predicted molar refractivity (Wildman–Crippen MR) is 108 cm³/mol. The highest BCUT2D eigenvalue weighted by Gasteiger charge is 2.46. The number of benzene rings is 1. The Hall–Kier alpha value is -3.27. The minimum atomic E-state index is -4.54. The molecular weight excluding hydrogens is 435 g/mol. The summed E-state index contributed by atoms with van der Waals surface area (Å²) in [6.45, 7) is 0. The third-order valence-corrected chi connectivity index (χ3v) is 5.13. The van der Waals surface area contributed by atoms with Gasteiger partial charge in [-0.25, -0.2) is 9.67 Å². The quantitative estimate of drug-likeness (QED) is 0.592. The summed E-state index contributed by atoms with van der Waals surface area (Å²) >= 11 is 5.76. The van der Waals surface area contributed by atoms with E-state index in [1.807, 2.05) is 0 Å². The largest absolute Gasteiger partial charge is 0.497 e. The average molecular weight is 452 g/mol. The topological polar surface area (TPSA) is 81.1 Å². The molecular formula is C20H17ClF3N5O2. The minimum Gasteiger partial charge on any atom is -0.497 e. The number of ether oxygens (including phenoxy) is 1. The first-order valence-electron chi connectivity index (χ1n) is 9.24. The van der Waals surface area contributed by atoms with Gasteiger partial charge in [-0.15, -0.1) is 0 Å². The highest BCUT2D eigenvalue weighted by atomic mass is 35.5. The molecule has 0 aliphatic carbocycles. The summed E-state index contributed by atoms with van der Waals surface area (Å²) in [4.78, 5) is 16.5. The van der Waals surface area contributed by atoms with Crippen LogP contribution >= 0.6 is 11.6 Å². The number of nitrogens with one attached hydrogen (secondary N) is 2. The van der Waals surface area contributed by atoms with Crippen LogP contribution in [0.1, 0.15) is 34.6 Å². The van der Waals surface area contributed by atoms with Crippen molar-refractivity contribution in [1.29, 1.82) is 0 Å². The summed E-state index contributed by atoms with van der Waals surface area (Å²) in [6.07, 6.45) is -3.47. The van der Waals surface area contributed by atoms with Crippen LogP contribution in [-0.2, 0) is 0 Å². The highest BCUT2D eigenvalue weighted by molar-refractivity contribution is 6.30. The molecule has 2 N–H and O–H groups in total. The van der Waals surface area contributed by atoms with Crippen LogP contribution in [0.5, 0.6) is 5.75 Å². The molecule has 0 fully saturated rings. The number of hydrogen-bond donors (Lipinski definition) is 2. The van der Waals surface area contributed by atoms with Gasteiger partial charge in [0.1, 0.15) is 17.4 Å². The third-order valence-electron chi connectivity index (χ3n) is 4.91. The Morgan fingerprint density at radius 1 is 1.26 bits per heavy atom. The molecule has 1 aromatic carbocycles. The van der Waals surface area contributed by atoms with Crippen LogP contribution in [0.15, 0.2) is 48.7 Å². The number of anilines is 2. The first kappa shape index (κ1) is 21.0. The van der Waals surface area contributed by atoms with E-state index in [1.54, 1.807) is 24.3 Å². The zero-order valence-electron chi connectivity index (χ0n) is 16.2. The molecule has 11 heteroatoms. The number of hydrogen-bond acceptors (Lipinski definition) is 5. The zero-order chi connectivity index (χ0) is 22.2. The average Bonchev–Trinajstić information content (AvgIpc) is 3.18. The first-order chi connectivity index (χ1) is 14.7. The third kappa shape index (κ3) is 4.43. The molecule has 1 aliphatic rings. The normalized spacial score (nSPS) is 18.1. The fourth-order valence-corrected chi connectivity index (χ4v) is 3.48. The Labute approximate surface area is 180 Å². The lowest BCUT2D eigenvalue weighted by Crippen LogP contribution is -2.35. The van der Waals surface area contributed by atoms with Gasteiger partial charge in [-0.05, 0) is 29.8 Å². The Morgan fingerprint density at radius 2 is 2.00 bits per heavy atom. The zero-order valence-corrected chi connectivity index (χ0v) is 16.9. The number of amides is 1. The van der Waals surface area contributed by atoms with Gasteiger partial charge in [0.05, 0.1) is 18.2 Å². The van der Waals surface area contributed by atoms with Crippen molar-refractivity contribution >= 4 is 29.1 Å². The van der Waals surface area contributed by atoms with Crippen LogP contribution in [0, 0.1) is 0 Å². The molecule has 4 rings (SSSR count). The van der Waals surface area contributed by atoms with Gasteiger partial charge in [0.2, 0.25) is 0 Å². The molecule has 162 valence electrons. The number of carbonyl (C=O) groups excluding carboxylic acids is 1. The second-order valence-electron chi connectivity index (χ2n) is 6.94. The van der Waals surface area contributed by atoms with Crippen LogP contribution in [0.25, 0.3) is 0 Å². The molecule has 2 aromatic heterocycles. The van der Waals surface area contributed by atoms with Crippen molar-refractivity contribution in [2.24, 2.45) is 0 Å². The number of carbonyl (C=O) groups is 1. The number of methoxy groups -OCH3 is 1. The molecule has 0 radical (unpaired) electrons. The Balaban J connectivity index is 1.62. The van der Waals surface area contributed by atoms with Gasteiger partial charge in [0, 0.05) is 18.7 Å². The van der Waals surface area contributed by atoms with Crippen LogP contribution in [0.4, 0.5) is 24.8 Å². The predicted octanol–water partition coefficient (Wildman–Crippen LogP) is 4.85. The Morgan fingerprint density at radius 3 is 2.61 bits per heavy atom. The van der Waals surface area contributed by atoms with E-state index >= 15 is 0 Å². The highest BCUT2D eigenvalue weighted by Crippen LogP contribution is 2.43. The summed E-state index contributed by atoms with van der Waals surface area (Å²) in [5, 5.41) is 9.84. The number of nitrogens with zero attached hydrogens (tertiary/aromatic N) is 3. The summed E-state index contributed by atoms with van der Waals surface area (Å²) in [5.74, 6) is 0.229. The molecule has 0 unspecified atom stereocenters. The van der Waals surface area contributed by atoms with Crippen molar-refractivity contribution in [3.63, 3.8) is 0 Å². The van der Waals surface area contributed by atoms with Crippen LogP contribution in [0.3, 0.4) is 0 Å². The molecule has 0 saturated heterocycles. The number of aromatic nitrogens is 3. The lowest BCUT2D eigenvalue weighted by Gasteiger charge is -2.33. The smallest absolute Gasteiger partial charge is 0.410 e. The summed E-state index contributed by atoms with van der Waals surface area (Å²) in [7, 11) is 1.51. The Bertz CT molecular complexity index is 1080. The van der Waals surface area contributed by atoms with E-state index < -0.39 is 24.2 Å². The van der Waals surface area contributed by atoms with E-state index in [2.05, 4.69) is 20.7 Å². The van der Waals surface area contributed by atoms with Crippen LogP contribution < -0.4 is 15.4 Å². The van der Waals surface area contributed by atoms with Crippen molar-refractivity contribution in [2.75, 3.05) is 17.7 Å². The van der Waals surface area contributed by atoms with Crippen LogP contribution in [0.2, 0.25) is 5.02 Å². The molecule has 31 heavy (non-hydrogen) atoms. The maximum Gasteiger partial charge on any atom is 0.410 e. The van der Waals surface area contributed by atoms with Gasteiger partial charge in [-0.1, -0.05) is 23.7 Å². The fraction of sp³-hybridized carbons (Fsp3) is 0.250. The fourth-order valence-electron chi connectivity index (χ4n) is 3.37. The second kappa shape index (κ2) is 8.10. The van der Waals surface area contributed by atoms with Gasteiger partial charge < -0.3 is 15.4 Å². The monoisotopic (exact) mass is 451 g/mol. The molecule has 0 spiro atoms. The van der Waals surface area contributed by atoms with E-state index in [0.717, 1.165) is 4.68 Å². The minimum absolute atomic E-state index is 0.101. The molecule has 1 aliphatic heterocycles. The van der Waals surface area contributed by atoms with Crippen molar-refractivity contribution in [1.82, 2.24) is 14.8 Å². The van der Waals surface area contributed by atoms with Gasteiger partial charge in [-0.2, -0.15) is 18.3 Å². The van der Waals surface area contributed by atoms with Gasteiger partial charge >= 0.3 is 6.18 Å². The van der Waals surface area contributed by atoms with Crippen molar-refractivity contribution < 1.29 is 22.7 Å². The molecule has 3 heterocycles. The van der Waals surface area contributed by atoms with E-state index in [9.17, 15) is 18.0 Å². The van der Waals surface area contributed by atoms with Crippen molar-refractivity contribution in [3.8, 4) is 5.75 Å². The van der Waals surface area contributed by atoms with E-state index in [-0.39, 0.29) is 23.8 Å². The second-order valence-corrected chi connectivity index (χ2v) is 7.37. The molecule has 2 atom stereocenters. The number of fused-ring (bicyclic) bond motifs is 1. The van der Waals surface area contributed by atoms with E-state index in [1.165, 1.54) is 31.5 Å². The van der Waals surface area contributed by atoms with Gasteiger partial charge in [0.15, 0.2) is 11.7 Å². The number of pyridine rings is 1. The summed E-state index contributed by atoms with van der Waals surface area (Å²) in [5.41, 5.74) is 0.503. The molecule has 1 amide bonds. The van der Waals surface area contributed by atoms with E-state index in [0.29, 0.717) is 16.3 Å². The maximum absolute atomic E-state index is 13.8. The maximum atomic E-state index is 13.8. The number of halogens is 4. The molecule has 0 saturated carbocycles.